The third kappa shape index (κ3) is 5.16. The van der Waals surface area contributed by atoms with Gasteiger partial charge < -0.3 is 9.30 Å². The standard InChI is InChI=1S/C24H24N4O2S/c25-13-14-27(20-10-5-2-6-11-20)23(29)18-31-24-26-16-22(19-8-3-1-4-9-19)28(24)17-21-12-7-15-30-21/h1-6,8-11,16,21H,7,12,14-15,17-18H2. The van der Waals surface area contributed by atoms with Gasteiger partial charge in [0.05, 0.1) is 36.4 Å². The van der Waals surface area contributed by atoms with E-state index in [0.717, 1.165) is 41.5 Å². The minimum atomic E-state index is -0.120. The zero-order valence-electron chi connectivity index (χ0n) is 17.2. The number of para-hydroxylation sites is 1. The zero-order valence-corrected chi connectivity index (χ0v) is 18.0. The smallest absolute Gasteiger partial charge is 0.238 e. The molecule has 0 radical (unpaired) electrons. The van der Waals surface area contributed by atoms with Crippen LogP contribution in [0.4, 0.5) is 5.69 Å². The fraction of sp³-hybridized carbons (Fsp3) is 0.292. The lowest BCUT2D eigenvalue weighted by Gasteiger charge is -2.20. The predicted molar refractivity (Wildman–Crippen MR) is 122 cm³/mol. The van der Waals surface area contributed by atoms with Crippen LogP contribution in [0.25, 0.3) is 11.3 Å². The fourth-order valence-corrected chi connectivity index (χ4v) is 4.55. The van der Waals surface area contributed by atoms with Gasteiger partial charge in [-0.25, -0.2) is 4.98 Å². The second-order valence-electron chi connectivity index (χ2n) is 7.30. The van der Waals surface area contributed by atoms with Crippen molar-refractivity contribution in [2.45, 2.75) is 30.6 Å². The number of benzene rings is 2. The summed E-state index contributed by atoms with van der Waals surface area (Å²) in [7, 11) is 0. The molecule has 0 N–H and O–H groups in total. The van der Waals surface area contributed by atoms with Gasteiger partial charge in [-0.1, -0.05) is 60.3 Å². The van der Waals surface area contributed by atoms with Gasteiger partial charge >= 0.3 is 0 Å². The average Bonchev–Trinajstić information content (AvgIpc) is 3.47. The highest BCUT2D eigenvalue weighted by atomic mass is 32.2. The molecule has 4 rings (SSSR count). The molecule has 1 aliphatic heterocycles. The maximum absolute atomic E-state index is 12.9. The van der Waals surface area contributed by atoms with Gasteiger partial charge in [-0.15, -0.1) is 0 Å². The van der Waals surface area contributed by atoms with Crippen molar-refractivity contribution in [2.24, 2.45) is 0 Å². The summed E-state index contributed by atoms with van der Waals surface area (Å²) in [4.78, 5) is 19.1. The molecule has 1 saturated heterocycles. The Hall–Kier alpha value is -3.08. The topological polar surface area (TPSA) is 71.2 Å². The van der Waals surface area contributed by atoms with Crippen LogP contribution >= 0.6 is 11.8 Å². The summed E-state index contributed by atoms with van der Waals surface area (Å²) in [5.41, 5.74) is 2.83. The first-order chi connectivity index (χ1) is 15.3. The quantitative estimate of drug-likeness (QED) is 0.390. The number of aromatic nitrogens is 2. The summed E-state index contributed by atoms with van der Waals surface area (Å²) in [6.07, 6.45) is 4.12. The molecule has 1 aromatic heterocycles. The first-order valence-corrected chi connectivity index (χ1v) is 11.3. The first-order valence-electron chi connectivity index (χ1n) is 10.3. The maximum atomic E-state index is 12.9. The summed E-state index contributed by atoms with van der Waals surface area (Å²) in [5, 5.41) is 9.97. The first kappa shape index (κ1) is 21.2. The van der Waals surface area contributed by atoms with E-state index in [1.165, 1.54) is 16.7 Å². The molecule has 1 aliphatic rings. The molecule has 1 amide bonds. The highest BCUT2D eigenvalue weighted by Crippen LogP contribution is 2.29. The van der Waals surface area contributed by atoms with Crippen LogP contribution in [0.2, 0.25) is 0 Å². The number of ether oxygens (including phenoxy) is 1. The minimum Gasteiger partial charge on any atom is -0.376 e. The van der Waals surface area contributed by atoms with Crippen LogP contribution in [0.15, 0.2) is 72.0 Å². The molecular formula is C24H24N4O2S. The van der Waals surface area contributed by atoms with Crippen molar-refractivity contribution in [1.29, 1.82) is 5.26 Å². The van der Waals surface area contributed by atoms with Crippen molar-refractivity contribution in [2.75, 3.05) is 23.8 Å². The molecule has 0 bridgehead atoms. The molecule has 0 saturated carbocycles. The Morgan fingerprint density at radius 2 is 1.94 bits per heavy atom. The highest BCUT2D eigenvalue weighted by molar-refractivity contribution is 7.99. The summed E-state index contributed by atoms with van der Waals surface area (Å²) < 4.78 is 8.01. The Bertz CT molecular complexity index is 1040. The van der Waals surface area contributed by atoms with Gasteiger partial charge in [0.2, 0.25) is 5.91 Å². The molecule has 2 heterocycles. The molecule has 1 fully saturated rings. The maximum Gasteiger partial charge on any atom is 0.238 e. The number of nitrogens with zero attached hydrogens (tertiary/aromatic N) is 4. The third-order valence-corrected chi connectivity index (χ3v) is 6.20. The van der Waals surface area contributed by atoms with Crippen LogP contribution in [0.3, 0.4) is 0 Å². The van der Waals surface area contributed by atoms with Gasteiger partial charge in [-0.3, -0.25) is 9.69 Å². The van der Waals surface area contributed by atoms with Crippen molar-refractivity contribution in [3.63, 3.8) is 0 Å². The highest BCUT2D eigenvalue weighted by Gasteiger charge is 2.22. The second kappa shape index (κ2) is 10.3. The van der Waals surface area contributed by atoms with E-state index in [4.69, 9.17) is 4.74 Å². The van der Waals surface area contributed by atoms with E-state index in [0.29, 0.717) is 6.54 Å². The van der Waals surface area contributed by atoms with Crippen LogP contribution in [-0.4, -0.2) is 40.5 Å². The van der Waals surface area contributed by atoms with E-state index in [9.17, 15) is 10.1 Å². The van der Waals surface area contributed by atoms with Gasteiger partial charge in [0.1, 0.15) is 6.54 Å². The van der Waals surface area contributed by atoms with Crippen molar-refractivity contribution >= 4 is 23.4 Å². The SMILES string of the molecule is N#CCN(C(=O)CSc1ncc(-c2ccccc2)n1CC1CCCO1)c1ccccc1. The fourth-order valence-electron chi connectivity index (χ4n) is 3.69. The number of rotatable bonds is 8. The number of carbonyl (C=O) groups excluding carboxylic acids is 1. The van der Waals surface area contributed by atoms with Gasteiger partial charge in [-0.05, 0) is 30.5 Å². The minimum absolute atomic E-state index is 0.0169. The van der Waals surface area contributed by atoms with Crippen molar-refractivity contribution in [3.05, 3.63) is 66.9 Å². The Balaban J connectivity index is 1.54. The second-order valence-corrected chi connectivity index (χ2v) is 8.24. The Morgan fingerprint density at radius 1 is 1.19 bits per heavy atom. The number of anilines is 1. The Morgan fingerprint density at radius 3 is 2.61 bits per heavy atom. The molecule has 6 nitrogen and oxygen atoms in total. The van der Waals surface area contributed by atoms with E-state index < -0.39 is 0 Å². The van der Waals surface area contributed by atoms with Crippen molar-refractivity contribution in [1.82, 2.24) is 9.55 Å². The van der Waals surface area contributed by atoms with Gasteiger partial charge in [0, 0.05) is 12.3 Å². The predicted octanol–water partition coefficient (Wildman–Crippen LogP) is 4.38. The number of hydrogen-bond acceptors (Lipinski definition) is 5. The van der Waals surface area contributed by atoms with E-state index in [2.05, 4.69) is 27.8 Å². The van der Waals surface area contributed by atoms with Gasteiger partial charge in [-0.2, -0.15) is 5.26 Å². The summed E-state index contributed by atoms with van der Waals surface area (Å²) in [5.74, 6) is 0.0820. The molecule has 31 heavy (non-hydrogen) atoms. The van der Waals surface area contributed by atoms with Crippen LogP contribution in [0.1, 0.15) is 12.8 Å². The lowest BCUT2D eigenvalue weighted by atomic mass is 10.1. The molecule has 0 aliphatic carbocycles. The zero-order chi connectivity index (χ0) is 21.5. The normalized spacial score (nSPS) is 15.5. The summed E-state index contributed by atoms with van der Waals surface area (Å²) in [6.45, 7) is 1.52. The van der Waals surface area contributed by atoms with Crippen molar-refractivity contribution < 1.29 is 9.53 Å². The monoisotopic (exact) mass is 432 g/mol. The lowest BCUT2D eigenvalue weighted by Crippen LogP contribution is -2.32. The van der Waals surface area contributed by atoms with Crippen LogP contribution in [0.5, 0.6) is 0 Å². The molecular weight excluding hydrogens is 408 g/mol. The van der Waals surface area contributed by atoms with E-state index in [1.54, 1.807) is 0 Å². The molecule has 2 aromatic carbocycles. The molecule has 7 heteroatoms. The van der Waals surface area contributed by atoms with Gasteiger partial charge in [0.15, 0.2) is 5.16 Å². The average molecular weight is 433 g/mol. The molecule has 158 valence electrons. The summed E-state index contributed by atoms with van der Waals surface area (Å²) in [6, 6.07) is 21.5. The number of hydrogen-bond donors (Lipinski definition) is 0. The van der Waals surface area contributed by atoms with E-state index in [-0.39, 0.29) is 24.3 Å². The Labute approximate surface area is 186 Å². The van der Waals surface area contributed by atoms with Crippen molar-refractivity contribution in [3.8, 4) is 17.3 Å². The van der Waals surface area contributed by atoms with E-state index in [1.807, 2.05) is 54.7 Å². The van der Waals surface area contributed by atoms with Crippen LogP contribution in [-0.2, 0) is 16.1 Å². The third-order valence-electron chi connectivity index (χ3n) is 5.22. The van der Waals surface area contributed by atoms with Crippen LogP contribution < -0.4 is 4.90 Å². The number of amides is 1. The molecule has 3 aromatic rings. The number of imidazole rings is 1. The number of carbonyl (C=O) groups is 1. The Kier molecular flexibility index (Phi) is 7.03. The van der Waals surface area contributed by atoms with E-state index >= 15 is 0 Å². The number of thioether (sulfide) groups is 1. The molecule has 1 unspecified atom stereocenters. The summed E-state index contributed by atoms with van der Waals surface area (Å²) >= 11 is 1.40. The molecule has 0 spiro atoms. The lowest BCUT2D eigenvalue weighted by molar-refractivity contribution is -0.116. The largest absolute Gasteiger partial charge is 0.376 e. The molecule has 1 atom stereocenters. The van der Waals surface area contributed by atoms with Gasteiger partial charge in [0.25, 0.3) is 0 Å². The van der Waals surface area contributed by atoms with Crippen LogP contribution in [0, 0.1) is 11.3 Å². The number of nitriles is 1.